The third-order valence-corrected chi connectivity index (χ3v) is 7.56. The van der Waals surface area contributed by atoms with Crippen molar-refractivity contribution in [2.75, 3.05) is 25.0 Å². The zero-order valence-electron chi connectivity index (χ0n) is 20.4. The first kappa shape index (κ1) is 25.3. The summed E-state index contributed by atoms with van der Waals surface area (Å²) in [5.74, 6) is 0.271. The Balaban J connectivity index is 1.33. The van der Waals surface area contributed by atoms with Crippen LogP contribution in [0.5, 0.6) is 0 Å². The third kappa shape index (κ3) is 7.13. The third-order valence-electron chi connectivity index (χ3n) is 6.17. The fourth-order valence-corrected chi connectivity index (χ4v) is 5.61. The number of rotatable bonds is 6. The number of morpholine rings is 1. The van der Waals surface area contributed by atoms with E-state index < -0.39 is 10.0 Å². The average Bonchev–Trinajstić information content (AvgIpc) is 3.07. The number of amidine groups is 1. The van der Waals surface area contributed by atoms with Gasteiger partial charge in [-0.2, -0.15) is 0 Å². The summed E-state index contributed by atoms with van der Waals surface area (Å²) in [5, 5.41) is 2.83. The number of nitrogens with zero attached hydrogens (tertiary/aromatic N) is 2. The Morgan fingerprint density at radius 3 is 2.37 bits per heavy atom. The predicted molar refractivity (Wildman–Crippen MR) is 137 cm³/mol. The van der Waals surface area contributed by atoms with Gasteiger partial charge in [0.25, 0.3) is 15.9 Å². The first-order valence-electron chi connectivity index (χ1n) is 12.2. The van der Waals surface area contributed by atoms with E-state index in [4.69, 9.17) is 4.74 Å². The van der Waals surface area contributed by atoms with Crippen LogP contribution < -0.4 is 10.0 Å². The molecular weight excluding hydrogens is 464 g/mol. The molecule has 1 amide bonds. The van der Waals surface area contributed by atoms with Gasteiger partial charge in [-0.3, -0.25) is 19.4 Å². The number of aliphatic imine (C=N–C) groups is 1. The Morgan fingerprint density at radius 2 is 1.69 bits per heavy atom. The predicted octanol–water partition coefficient (Wildman–Crippen LogP) is 3.80. The lowest BCUT2D eigenvalue weighted by molar-refractivity contribution is -0.0704. The van der Waals surface area contributed by atoms with Crippen LogP contribution in [0, 0.1) is 0 Å². The van der Waals surface area contributed by atoms with Crippen molar-refractivity contribution < 1.29 is 17.9 Å². The Bertz CT molecular complexity index is 1140. The number of carbonyl (C=O) groups excluding carboxylic acids is 1. The number of hydrogen-bond acceptors (Lipinski definition) is 6. The first-order chi connectivity index (χ1) is 16.8. The minimum atomic E-state index is -3.70. The summed E-state index contributed by atoms with van der Waals surface area (Å²) >= 11 is 0. The number of benzene rings is 2. The van der Waals surface area contributed by atoms with Gasteiger partial charge in [-0.15, -0.1) is 0 Å². The van der Waals surface area contributed by atoms with E-state index in [2.05, 4.69) is 33.8 Å². The molecule has 35 heavy (non-hydrogen) atoms. The van der Waals surface area contributed by atoms with Crippen LogP contribution in [0.1, 0.15) is 55.5 Å². The van der Waals surface area contributed by atoms with Gasteiger partial charge < -0.3 is 10.1 Å². The first-order valence-corrected chi connectivity index (χ1v) is 13.7. The SMILES string of the molecule is CC1CN(Cc2ccc(C(=O)Nc3ccc(S(=O)(=O)NC4=NCCCCC4)cc3)cc2)CC(C)O1. The van der Waals surface area contributed by atoms with Crippen molar-refractivity contribution in [3.05, 3.63) is 59.7 Å². The topological polar surface area (TPSA) is 100 Å². The molecule has 0 radical (unpaired) electrons. The average molecular weight is 499 g/mol. The maximum absolute atomic E-state index is 12.7. The number of amides is 1. The van der Waals surface area contributed by atoms with Crippen molar-refractivity contribution >= 4 is 27.5 Å². The van der Waals surface area contributed by atoms with Gasteiger partial charge in [0.05, 0.1) is 17.1 Å². The van der Waals surface area contributed by atoms with E-state index in [1.165, 1.54) is 12.1 Å². The maximum atomic E-state index is 12.7. The van der Waals surface area contributed by atoms with Crippen molar-refractivity contribution in [2.24, 2.45) is 4.99 Å². The molecule has 2 atom stereocenters. The molecule has 9 heteroatoms. The molecule has 188 valence electrons. The Kier molecular flexibility index (Phi) is 8.20. The maximum Gasteiger partial charge on any atom is 0.262 e. The molecule has 2 aromatic carbocycles. The van der Waals surface area contributed by atoms with Crippen molar-refractivity contribution in [1.29, 1.82) is 0 Å². The van der Waals surface area contributed by atoms with E-state index in [0.717, 1.165) is 44.5 Å². The molecule has 8 nitrogen and oxygen atoms in total. The fourth-order valence-electron chi connectivity index (χ4n) is 4.53. The number of ether oxygens (including phenoxy) is 1. The standard InChI is InChI=1S/C26H34N4O4S/c1-19-16-30(17-20(2)34-19)18-21-7-9-22(10-8-21)26(31)28-23-11-13-24(14-12-23)35(32,33)29-25-6-4-3-5-15-27-25/h7-14,19-20H,3-6,15-18H2,1-2H3,(H,27,29)(H,28,31). The zero-order valence-corrected chi connectivity index (χ0v) is 21.2. The molecule has 0 saturated carbocycles. The summed E-state index contributed by atoms with van der Waals surface area (Å²) in [5.41, 5.74) is 2.21. The normalized spacial score (nSPS) is 21.6. The van der Waals surface area contributed by atoms with Crippen molar-refractivity contribution in [3.63, 3.8) is 0 Å². The lowest BCUT2D eigenvalue weighted by atomic mass is 10.1. The van der Waals surface area contributed by atoms with Gasteiger partial charge in [0, 0.05) is 43.9 Å². The second-order valence-electron chi connectivity index (χ2n) is 9.37. The van der Waals surface area contributed by atoms with Crippen LogP contribution in [0.2, 0.25) is 0 Å². The highest BCUT2D eigenvalue weighted by molar-refractivity contribution is 7.90. The highest BCUT2D eigenvalue weighted by Gasteiger charge is 2.22. The van der Waals surface area contributed by atoms with Gasteiger partial charge in [-0.05, 0) is 68.7 Å². The molecule has 2 heterocycles. The second-order valence-corrected chi connectivity index (χ2v) is 11.1. The van der Waals surface area contributed by atoms with E-state index in [9.17, 15) is 13.2 Å². The molecular formula is C26H34N4O4S. The van der Waals surface area contributed by atoms with Crippen LogP contribution in [0.4, 0.5) is 5.69 Å². The summed E-state index contributed by atoms with van der Waals surface area (Å²) in [6, 6.07) is 13.7. The summed E-state index contributed by atoms with van der Waals surface area (Å²) in [7, 11) is -3.70. The summed E-state index contributed by atoms with van der Waals surface area (Å²) in [6.07, 6.45) is 4.03. The smallest absolute Gasteiger partial charge is 0.262 e. The largest absolute Gasteiger partial charge is 0.373 e. The molecule has 2 N–H and O–H groups in total. The lowest BCUT2D eigenvalue weighted by Crippen LogP contribution is -2.44. The molecule has 4 rings (SSSR count). The minimum Gasteiger partial charge on any atom is -0.373 e. The summed E-state index contributed by atoms with van der Waals surface area (Å²) in [6.45, 7) is 7.41. The van der Waals surface area contributed by atoms with Gasteiger partial charge in [0.1, 0.15) is 5.84 Å². The van der Waals surface area contributed by atoms with Gasteiger partial charge >= 0.3 is 0 Å². The van der Waals surface area contributed by atoms with Crippen LogP contribution in [-0.2, 0) is 21.3 Å². The van der Waals surface area contributed by atoms with Gasteiger partial charge in [-0.25, -0.2) is 8.42 Å². The van der Waals surface area contributed by atoms with E-state index in [0.29, 0.717) is 30.1 Å². The van der Waals surface area contributed by atoms with Gasteiger partial charge in [-0.1, -0.05) is 18.6 Å². The fraction of sp³-hybridized carbons (Fsp3) is 0.462. The molecule has 2 aromatic rings. The Hall–Kier alpha value is -2.75. The van der Waals surface area contributed by atoms with E-state index >= 15 is 0 Å². The number of sulfonamides is 1. The second kappa shape index (κ2) is 11.3. The molecule has 0 aromatic heterocycles. The number of anilines is 1. The summed E-state index contributed by atoms with van der Waals surface area (Å²) < 4.78 is 33.8. The molecule has 2 aliphatic heterocycles. The Labute approximate surface area is 207 Å². The molecule has 0 aliphatic carbocycles. The number of hydrogen-bond donors (Lipinski definition) is 2. The van der Waals surface area contributed by atoms with Gasteiger partial charge in [0.15, 0.2) is 0 Å². The Morgan fingerprint density at radius 1 is 1.00 bits per heavy atom. The summed E-state index contributed by atoms with van der Waals surface area (Å²) in [4.78, 5) is 19.5. The molecule has 0 bridgehead atoms. The van der Waals surface area contributed by atoms with Crippen molar-refractivity contribution in [1.82, 2.24) is 9.62 Å². The van der Waals surface area contributed by atoms with Gasteiger partial charge in [0.2, 0.25) is 0 Å². The van der Waals surface area contributed by atoms with Crippen LogP contribution in [-0.4, -0.2) is 56.9 Å². The van der Waals surface area contributed by atoms with E-state index in [1.807, 2.05) is 24.3 Å². The molecule has 1 fully saturated rings. The lowest BCUT2D eigenvalue weighted by Gasteiger charge is -2.35. The molecule has 2 aliphatic rings. The number of carbonyl (C=O) groups is 1. The monoisotopic (exact) mass is 498 g/mol. The highest BCUT2D eigenvalue weighted by atomic mass is 32.2. The highest BCUT2D eigenvalue weighted by Crippen LogP contribution is 2.18. The molecule has 1 saturated heterocycles. The zero-order chi connectivity index (χ0) is 24.8. The minimum absolute atomic E-state index is 0.138. The van der Waals surface area contributed by atoms with E-state index in [1.54, 1.807) is 12.1 Å². The van der Waals surface area contributed by atoms with Crippen molar-refractivity contribution in [3.8, 4) is 0 Å². The molecule has 0 spiro atoms. The quantitative estimate of drug-likeness (QED) is 0.631. The molecule has 2 unspecified atom stereocenters. The van der Waals surface area contributed by atoms with Crippen LogP contribution >= 0.6 is 0 Å². The van der Waals surface area contributed by atoms with Crippen LogP contribution in [0.25, 0.3) is 0 Å². The number of nitrogens with one attached hydrogen (secondary N) is 2. The van der Waals surface area contributed by atoms with E-state index in [-0.39, 0.29) is 23.0 Å². The van der Waals surface area contributed by atoms with Crippen LogP contribution in [0.15, 0.2) is 58.4 Å². The van der Waals surface area contributed by atoms with Crippen LogP contribution in [0.3, 0.4) is 0 Å². The van der Waals surface area contributed by atoms with Crippen molar-refractivity contribution in [2.45, 2.75) is 63.2 Å².